The van der Waals surface area contributed by atoms with Crippen LogP contribution in [0.2, 0.25) is 0 Å². The molecule has 3 rings (SSSR count). The maximum absolute atomic E-state index is 14.2. The van der Waals surface area contributed by atoms with Gasteiger partial charge in [0.2, 0.25) is 5.82 Å². The average molecular weight is 394 g/mol. The molecule has 0 amide bonds. The molecule has 0 aromatic heterocycles. The molecule has 0 heterocycles. The van der Waals surface area contributed by atoms with Gasteiger partial charge in [-0.25, -0.2) is 8.78 Å². The Labute approximate surface area is 163 Å². The van der Waals surface area contributed by atoms with Crippen molar-refractivity contribution in [2.45, 2.75) is 57.8 Å². The van der Waals surface area contributed by atoms with E-state index in [2.05, 4.69) is 0 Å². The second kappa shape index (κ2) is 9.43. The molecular formula is C22H25F3O3. The minimum Gasteiger partial charge on any atom is -0.505 e. The summed E-state index contributed by atoms with van der Waals surface area (Å²) in [6.07, 6.45) is 3.20. The molecule has 1 N–H and O–H groups in total. The molecule has 2 aromatic carbocycles. The molecule has 1 aliphatic carbocycles. The number of phenols is 1. The van der Waals surface area contributed by atoms with Gasteiger partial charge in [0, 0.05) is 17.7 Å². The fourth-order valence-electron chi connectivity index (χ4n) is 3.61. The van der Waals surface area contributed by atoms with Gasteiger partial charge in [0.1, 0.15) is 5.82 Å². The highest BCUT2D eigenvalue weighted by atomic mass is 19.2. The van der Waals surface area contributed by atoms with Crippen LogP contribution in [0.5, 0.6) is 5.75 Å². The Bertz CT molecular complexity index is 802. The standard InChI is InChI=1S/C22H25F3O3/c1-2-27-12-16-4-3-15(11-19(16)23)14-5-8-18(9-6-14)28-13-17-7-10-20(26)22(25)21(17)24/h3-4,7,10-11,14,18,26H,2,5-6,8-9,12-13H2,1H3. The second-order valence-electron chi connectivity index (χ2n) is 7.14. The number of ether oxygens (including phenoxy) is 2. The maximum Gasteiger partial charge on any atom is 0.200 e. The Balaban J connectivity index is 1.52. The smallest absolute Gasteiger partial charge is 0.200 e. The van der Waals surface area contributed by atoms with Crippen LogP contribution in [0, 0.1) is 17.5 Å². The van der Waals surface area contributed by atoms with Crippen LogP contribution in [0.15, 0.2) is 30.3 Å². The van der Waals surface area contributed by atoms with E-state index in [1.54, 1.807) is 12.1 Å². The number of hydrogen-bond acceptors (Lipinski definition) is 3. The van der Waals surface area contributed by atoms with Gasteiger partial charge in [-0.2, -0.15) is 4.39 Å². The Morgan fingerprint density at radius 2 is 1.64 bits per heavy atom. The molecule has 0 saturated heterocycles. The lowest BCUT2D eigenvalue weighted by Crippen LogP contribution is -2.21. The third kappa shape index (κ3) is 4.86. The molecule has 2 aromatic rings. The molecule has 0 spiro atoms. The van der Waals surface area contributed by atoms with E-state index in [0.717, 1.165) is 37.3 Å². The van der Waals surface area contributed by atoms with Crippen LogP contribution in [-0.2, 0) is 22.7 Å². The largest absolute Gasteiger partial charge is 0.505 e. The van der Waals surface area contributed by atoms with Gasteiger partial charge in [-0.1, -0.05) is 12.1 Å². The van der Waals surface area contributed by atoms with Gasteiger partial charge in [-0.05, 0) is 62.3 Å². The Kier molecular flexibility index (Phi) is 6.97. The summed E-state index contributed by atoms with van der Waals surface area (Å²) in [6, 6.07) is 7.78. The molecule has 0 aliphatic heterocycles. The van der Waals surface area contributed by atoms with Crippen LogP contribution in [-0.4, -0.2) is 17.8 Å². The lowest BCUT2D eigenvalue weighted by atomic mass is 9.82. The lowest BCUT2D eigenvalue weighted by Gasteiger charge is -2.29. The van der Waals surface area contributed by atoms with Crippen LogP contribution in [0.4, 0.5) is 13.2 Å². The SMILES string of the molecule is CCOCc1ccc(C2CCC(OCc3ccc(O)c(F)c3F)CC2)cc1F. The first-order chi connectivity index (χ1) is 13.5. The highest BCUT2D eigenvalue weighted by molar-refractivity contribution is 5.29. The molecular weight excluding hydrogens is 369 g/mol. The van der Waals surface area contributed by atoms with Crippen LogP contribution < -0.4 is 0 Å². The summed E-state index contributed by atoms with van der Waals surface area (Å²) in [7, 11) is 0. The van der Waals surface area contributed by atoms with E-state index < -0.39 is 17.4 Å². The van der Waals surface area contributed by atoms with Crippen molar-refractivity contribution in [1.29, 1.82) is 0 Å². The molecule has 1 saturated carbocycles. The average Bonchev–Trinajstić information content (AvgIpc) is 2.71. The Hall–Kier alpha value is -2.05. The van der Waals surface area contributed by atoms with Gasteiger partial charge in [0.05, 0.1) is 19.3 Å². The molecule has 3 nitrogen and oxygen atoms in total. The zero-order valence-electron chi connectivity index (χ0n) is 15.9. The summed E-state index contributed by atoms with van der Waals surface area (Å²) in [6.45, 7) is 2.65. The lowest BCUT2D eigenvalue weighted by molar-refractivity contribution is 0.0118. The van der Waals surface area contributed by atoms with E-state index in [4.69, 9.17) is 14.6 Å². The van der Waals surface area contributed by atoms with E-state index in [-0.39, 0.29) is 36.6 Å². The maximum atomic E-state index is 14.2. The summed E-state index contributed by atoms with van der Waals surface area (Å²) < 4.78 is 52.4. The van der Waals surface area contributed by atoms with E-state index in [0.29, 0.717) is 12.2 Å². The van der Waals surface area contributed by atoms with Crippen molar-refractivity contribution >= 4 is 0 Å². The van der Waals surface area contributed by atoms with Crippen molar-refractivity contribution in [3.8, 4) is 5.75 Å². The molecule has 28 heavy (non-hydrogen) atoms. The number of aromatic hydroxyl groups is 1. The number of benzene rings is 2. The summed E-state index contributed by atoms with van der Waals surface area (Å²) >= 11 is 0. The fourth-order valence-corrected chi connectivity index (χ4v) is 3.61. The summed E-state index contributed by atoms with van der Waals surface area (Å²) in [5, 5.41) is 9.17. The van der Waals surface area contributed by atoms with E-state index in [1.807, 2.05) is 13.0 Å². The fraction of sp³-hybridized carbons (Fsp3) is 0.455. The number of phenolic OH excluding ortho intramolecular Hbond substituents is 1. The molecule has 1 fully saturated rings. The predicted octanol–water partition coefficient (Wildman–Crippen LogP) is 5.59. The predicted molar refractivity (Wildman–Crippen MR) is 99.5 cm³/mol. The van der Waals surface area contributed by atoms with Gasteiger partial charge in [0.15, 0.2) is 11.6 Å². The monoisotopic (exact) mass is 394 g/mol. The zero-order chi connectivity index (χ0) is 20.1. The number of rotatable bonds is 7. The van der Waals surface area contributed by atoms with E-state index in [1.165, 1.54) is 6.07 Å². The first-order valence-corrected chi connectivity index (χ1v) is 9.63. The highest BCUT2D eigenvalue weighted by Gasteiger charge is 2.24. The molecule has 1 aliphatic rings. The number of halogens is 3. The quantitative estimate of drug-likeness (QED) is 0.665. The first-order valence-electron chi connectivity index (χ1n) is 9.63. The normalized spacial score (nSPS) is 19.7. The Morgan fingerprint density at radius 3 is 2.32 bits per heavy atom. The minimum atomic E-state index is -1.25. The van der Waals surface area contributed by atoms with Gasteiger partial charge in [-0.15, -0.1) is 0 Å². The summed E-state index contributed by atoms with van der Waals surface area (Å²) in [5.74, 6) is -3.01. The second-order valence-corrected chi connectivity index (χ2v) is 7.14. The van der Waals surface area contributed by atoms with Crippen molar-refractivity contribution in [3.63, 3.8) is 0 Å². The molecule has 152 valence electrons. The van der Waals surface area contributed by atoms with Crippen molar-refractivity contribution in [1.82, 2.24) is 0 Å². The summed E-state index contributed by atoms with van der Waals surface area (Å²) in [4.78, 5) is 0. The molecule has 0 unspecified atom stereocenters. The molecule has 0 bridgehead atoms. The van der Waals surface area contributed by atoms with Gasteiger partial charge < -0.3 is 14.6 Å². The molecule has 0 atom stereocenters. The van der Waals surface area contributed by atoms with E-state index >= 15 is 0 Å². The zero-order valence-corrected chi connectivity index (χ0v) is 15.9. The molecule has 6 heteroatoms. The van der Waals surface area contributed by atoms with Crippen LogP contribution in [0.3, 0.4) is 0 Å². The number of hydrogen-bond donors (Lipinski definition) is 1. The first kappa shape index (κ1) is 20.7. The highest BCUT2D eigenvalue weighted by Crippen LogP contribution is 2.35. The Morgan fingerprint density at radius 1 is 0.929 bits per heavy atom. The van der Waals surface area contributed by atoms with Gasteiger partial charge >= 0.3 is 0 Å². The van der Waals surface area contributed by atoms with Crippen molar-refractivity contribution < 1.29 is 27.8 Å². The van der Waals surface area contributed by atoms with Gasteiger partial charge in [0.25, 0.3) is 0 Å². The van der Waals surface area contributed by atoms with Crippen LogP contribution in [0.25, 0.3) is 0 Å². The van der Waals surface area contributed by atoms with E-state index in [9.17, 15) is 13.2 Å². The van der Waals surface area contributed by atoms with Gasteiger partial charge in [-0.3, -0.25) is 0 Å². The van der Waals surface area contributed by atoms with Crippen LogP contribution in [0.1, 0.15) is 55.2 Å². The van der Waals surface area contributed by atoms with Crippen molar-refractivity contribution in [2.24, 2.45) is 0 Å². The third-order valence-corrected chi connectivity index (χ3v) is 5.30. The van der Waals surface area contributed by atoms with Crippen LogP contribution >= 0.6 is 0 Å². The van der Waals surface area contributed by atoms with Crippen molar-refractivity contribution in [3.05, 3.63) is 64.5 Å². The topological polar surface area (TPSA) is 38.7 Å². The molecule has 0 radical (unpaired) electrons. The van der Waals surface area contributed by atoms with Crippen molar-refractivity contribution in [2.75, 3.05) is 6.61 Å². The summed E-state index contributed by atoms with van der Waals surface area (Å²) in [5.41, 5.74) is 1.62. The third-order valence-electron chi connectivity index (χ3n) is 5.30. The minimum absolute atomic E-state index is 0.0425.